The molecule has 2 heterocycles. The number of carbonyl (C=O) groups is 1. The highest BCUT2D eigenvalue weighted by Crippen LogP contribution is 2.26. The SMILES string of the molecule is CN(Cc1ccncn1)C(=O)c1ccccc1[C@@H]1CCNC1. The molecule has 1 aliphatic heterocycles. The highest BCUT2D eigenvalue weighted by molar-refractivity contribution is 5.95. The largest absolute Gasteiger partial charge is 0.336 e. The van der Waals surface area contributed by atoms with E-state index in [1.165, 1.54) is 6.33 Å². The molecule has 0 radical (unpaired) electrons. The van der Waals surface area contributed by atoms with Crippen LogP contribution in [0.25, 0.3) is 0 Å². The Kier molecular flexibility index (Phi) is 4.44. The van der Waals surface area contributed by atoms with Crippen molar-refractivity contribution >= 4 is 5.91 Å². The van der Waals surface area contributed by atoms with Crippen LogP contribution in [0.4, 0.5) is 0 Å². The third kappa shape index (κ3) is 3.14. The minimum Gasteiger partial charge on any atom is -0.336 e. The van der Waals surface area contributed by atoms with E-state index in [0.29, 0.717) is 12.5 Å². The number of nitrogens with zero attached hydrogens (tertiary/aromatic N) is 3. The second kappa shape index (κ2) is 6.66. The van der Waals surface area contributed by atoms with Crippen molar-refractivity contribution in [1.29, 1.82) is 0 Å². The standard InChI is InChI=1S/C17H20N4O/c1-21(11-14-7-9-19-12-20-14)17(22)16-5-3-2-4-15(16)13-6-8-18-10-13/h2-5,7,9,12-13,18H,6,8,10-11H2,1H3/t13-/m1/s1. The molecule has 1 N–H and O–H groups in total. The fourth-order valence-electron chi connectivity index (χ4n) is 2.90. The number of rotatable bonds is 4. The van der Waals surface area contributed by atoms with E-state index < -0.39 is 0 Å². The molecule has 5 nitrogen and oxygen atoms in total. The molecule has 1 aromatic carbocycles. The summed E-state index contributed by atoms with van der Waals surface area (Å²) in [6.45, 7) is 2.45. The molecule has 1 fully saturated rings. The maximum absolute atomic E-state index is 12.8. The molecule has 0 spiro atoms. The van der Waals surface area contributed by atoms with Crippen LogP contribution in [0, 0.1) is 0 Å². The van der Waals surface area contributed by atoms with Crippen LogP contribution >= 0.6 is 0 Å². The predicted octanol–water partition coefficient (Wildman–Crippen LogP) is 1.83. The average Bonchev–Trinajstić information content (AvgIpc) is 3.09. The Labute approximate surface area is 130 Å². The van der Waals surface area contributed by atoms with Gasteiger partial charge in [-0.2, -0.15) is 0 Å². The lowest BCUT2D eigenvalue weighted by Gasteiger charge is -2.20. The molecule has 0 unspecified atom stereocenters. The van der Waals surface area contributed by atoms with Gasteiger partial charge in [0.15, 0.2) is 0 Å². The summed E-state index contributed by atoms with van der Waals surface area (Å²) in [4.78, 5) is 22.6. The Morgan fingerprint density at radius 3 is 2.95 bits per heavy atom. The van der Waals surface area contributed by atoms with Crippen LogP contribution in [0.3, 0.4) is 0 Å². The summed E-state index contributed by atoms with van der Waals surface area (Å²) in [5.41, 5.74) is 2.78. The van der Waals surface area contributed by atoms with Gasteiger partial charge in [-0.15, -0.1) is 0 Å². The molecule has 1 aliphatic rings. The molecule has 1 saturated heterocycles. The molecule has 2 aromatic rings. The van der Waals surface area contributed by atoms with Gasteiger partial charge < -0.3 is 10.2 Å². The van der Waals surface area contributed by atoms with Crippen LogP contribution in [-0.4, -0.2) is 40.9 Å². The number of hydrogen-bond donors (Lipinski definition) is 1. The molecule has 0 bridgehead atoms. The van der Waals surface area contributed by atoms with Gasteiger partial charge in [0.2, 0.25) is 0 Å². The Bertz CT molecular complexity index is 638. The second-order valence-electron chi connectivity index (χ2n) is 5.64. The molecule has 5 heteroatoms. The fourth-order valence-corrected chi connectivity index (χ4v) is 2.90. The van der Waals surface area contributed by atoms with Crippen molar-refractivity contribution in [1.82, 2.24) is 20.2 Å². The van der Waals surface area contributed by atoms with Gasteiger partial charge in [-0.25, -0.2) is 9.97 Å². The topological polar surface area (TPSA) is 58.1 Å². The van der Waals surface area contributed by atoms with E-state index in [0.717, 1.165) is 36.3 Å². The van der Waals surface area contributed by atoms with Gasteiger partial charge >= 0.3 is 0 Å². The molecule has 1 amide bonds. The lowest BCUT2D eigenvalue weighted by Crippen LogP contribution is -2.28. The van der Waals surface area contributed by atoms with Gasteiger partial charge in [-0.3, -0.25) is 4.79 Å². The van der Waals surface area contributed by atoms with Gasteiger partial charge in [0.1, 0.15) is 6.33 Å². The summed E-state index contributed by atoms with van der Waals surface area (Å²) in [5.74, 6) is 0.466. The van der Waals surface area contributed by atoms with E-state index in [9.17, 15) is 4.79 Å². The van der Waals surface area contributed by atoms with Crippen molar-refractivity contribution in [2.24, 2.45) is 0 Å². The first kappa shape index (κ1) is 14.7. The van der Waals surface area contributed by atoms with Crippen LogP contribution < -0.4 is 5.32 Å². The molecule has 0 aliphatic carbocycles. The van der Waals surface area contributed by atoms with E-state index in [1.807, 2.05) is 31.3 Å². The molecule has 1 atom stereocenters. The fraction of sp³-hybridized carbons (Fsp3) is 0.353. The molecule has 22 heavy (non-hydrogen) atoms. The van der Waals surface area contributed by atoms with Crippen molar-refractivity contribution in [3.63, 3.8) is 0 Å². The van der Waals surface area contributed by atoms with Crippen LogP contribution in [-0.2, 0) is 6.54 Å². The van der Waals surface area contributed by atoms with E-state index in [2.05, 4.69) is 21.4 Å². The summed E-state index contributed by atoms with van der Waals surface area (Å²) in [6.07, 6.45) is 4.28. The van der Waals surface area contributed by atoms with E-state index >= 15 is 0 Å². The zero-order valence-corrected chi connectivity index (χ0v) is 12.7. The minimum atomic E-state index is 0.0427. The summed E-state index contributed by atoms with van der Waals surface area (Å²) in [5, 5.41) is 3.36. The van der Waals surface area contributed by atoms with Crippen molar-refractivity contribution in [3.05, 3.63) is 59.7 Å². The van der Waals surface area contributed by atoms with Crippen LogP contribution in [0.15, 0.2) is 42.9 Å². The van der Waals surface area contributed by atoms with Gasteiger partial charge in [-0.05, 0) is 36.6 Å². The highest BCUT2D eigenvalue weighted by atomic mass is 16.2. The van der Waals surface area contributed by atoms with Crippen molar-refractivity contribution < 1.29 is 4.79 Å². The first-order valence-electron chi connectivity index (χ1n) is 7.55. The minimum absolute atomic E-state index is 0.0427. The van der Waals surface area contributed by atoms with Gasteiger partial charge in [0.25, 0.3) is 5.91 Å². The maximum atomic E-state index is 12.8. The number of hydrogen-bond acceptors (Lipinski definition) is 4. The Morgan fingerprint density at radius 2 is 2.23 bits per heavy atom. The van der Waals surface area contributed by atoms with Crippen LogP contribution in [0.2, 0.25) is 0 Å². The van der Waals surface area contributed by atoms with E-state index in [1.54, 1.807) is 11.1 Å². The first-order chi connectivity index (χ1) is 10.8. The van der Waals surface area contributed by atoms with Gasteiger partial charge in [-0.1, -0.05) is 18.2 Å². The molecule has 3 rings (SSSR count). The summed E-state index contributed by atoms with van der Waals surface area (Å²) in [6, 6.07) is 9.76. The Balaban J connectivity index is 1.79. The normalized spacial score (nSPS) is 17.4. The van der Waals surface area contributed by atoms with Crippen molar-refractivity contribution in [2.45, 2.75) is 18.9 Å². The molecular weight excluding hydrogens is 276 g/mol. The second-order valence-corrected chi connectivity index (χ2v) is 5.64. The monoisotopic (exact) mass is 296 g/mol. The highest BCUT2D eigenvalue weighted by Gasteiger charge is 2.23. The number of nitrogens with one attached hydrogen (secondary N) is 1. The number of benzene rings is 1. The molecular formula is C17H20N4O. The first-order valence-corrected chi connectivity index (χ1v) is 7.55. The molecule has 114 valence electrons. The van der Waals surface area contributed by atoms with Gasteiger partial charge in [0, 0.05) is 25.4 Å². The Hall–Kier alpha value is -2.27. The molecule has 0 saturated carbocycles. The average molecular weight is 296 g/mol. The van der Waals surface area contributed by atoms with Crippen molar-refractivity contribution in [2.75, 3.05) is 20.1 Å². The summed E-state index contributed by atoms with van der Waals surface area (Å²) < 4.78 is 0. The number of amides is 1. The van der Waals surface area contributed by atoms with Crippen LogP contribution in [0.5, 0.6) is 0 Å². The van der Waals surface area contributed by atoms with E-state index in [-0.39, 0.29) is 5.91 Å². The lowest BCUT2D eigenvalue weighted by atomic mass is 9.93. The van der Waals surface area contributed by atoms with E-state index in [4.69, 9.17) is 0 Å². The summed E-state index contributed by atoms with van der Waals surface area (Å²) in [7, 11) is 1.81. The summed E-state index contributed by atoms with van der Waals surface area (Å²) >= 11 is 0. The van der Waals surface area contributed by atoms with Crippen molar-refractivity contribution in [3.8, 4) is 0 Å². The van der Waals surface area contributed by atoms with Gasteiger partial charge in [0.05, 0.1) is 12.2 Å². The number of aromatic nitrogens is 2. The molecule has 1 aromatic heterocycles. The Morgan fingerprint density at radius 1 is 1.36 bits per heavy atom. The quantitative estimate of drug-likeness (QED) is 0.935. The lowest BCUT2D eigenvalue weighted by molar-refractivity contribution is 0.0782. The number of carbonyl (C=O) groups excluding carboxylic acids is 1. The smallest absolute Gasteiger partial charge is 0.254 e. The predicted molar refractivity (Wildman–Crippen MR) is 84.5 cm³/mol. The zero-order valence-electron chi connectivity index (χ0n) is 12.7. The third-order valence-corrected chi connectivity index (χ3v) is 4.08. The maximum Gasteiger partial charge on any atom is 0.254 e. The van der Waals surface area contributed by atoms with Crippen LogP contribution in [0.1, 0.15) is 34.0 Å². The zero-order chi connectivity index (χ0) is 15.4. The third-order valence-electron chi connectivity index (χ3n) is 4.08.